The molecule has 1 aliphatic rings. The van der Waals surface area contributed by atoms with Gasteiger partial charge in [0.2, 0.25) is 0 Å². The molecule has 0 aromatic rings. The topological polar surface area (TPSA) is 21.3 Å². The minimum atomic E-state index is 0.228. The predicted octanol–water partition coefficient (Wildman–Crippen LogP) is 1.55. The number of hydrogen-bond donors (Lipinski definition) is 1. The second kappa shape index (κ2) is 3.55. The fourth-order valence-electron chi connectivity index (χ4n) is 1.47. The average Bonchev–Trinajstić information content (AvgIpc) is 1.85. The van der Waals surface area contributed by atoms with Crippen LogP contribution in [0.15, 0.2) is 0 Å². The first-order valence-corrected chi connectivity index (χ1v) is 4.43. The van der Waals surface area contributed by atoms with Crippen LogP contribution < -0.4 is 5.32 Å². The van der Waals surface area contributed by atoms with Gasteiger partial charge in [0.05, 0.1) is 6.61 Å². The summed E-state index contributed by atoms with van der Waals surface area (Å²) in [6, 6.07) is 0.573. The summed E-state index contributed by atoms with van der Waals surface area (Å²) in [6.07, 6.45) is 2.46. The number of hydrogen-bond acceptors (Lipinski definition) is 2. The second-order valence-electron chi connectivity index (χ2n) is 4.31. The van der Waals surface area contributed by atoms with Gasteiger partial charge in [-0.05, 0) is 33.6 Å². The third-order valence-corrected chi connectivity index (χ3v) is 1.80. The molecule has 1 atom stereocenters. The lowest BCUT2D eigenvalue weighted by Gasteiger charge is -2.30. The highest BCUT2D eigenvalue weighted by atomic mass is 16.5. The number of nitrogens with one attached hydrogen (secondary N) is 1. The van der Waals surface area contributed by atoms with Gasteiger partial charge < -0.3 is 10.1 Å². The van der Waals surface area contributed by atoms with Crippen LogP contribution in [0.25, 0.3) is 0 Å². The van der Waals surface area contributed by atoms with Gasteiger partial charge in [0.25, 0.3) is 0 Å². The molecule has 66 valence electrons. The summed E-state index contributed by atoms with van der Waals surface area (Å²) in [5, 5.41) is 3.53. The van der Waals surface area contributed by atoms with Gasteiger partial charge in [-0.15, -0.1) is 0 Å². The molecule has 0 amide bonds. The standard InChI is InChI=1S/C9H19NO/c1-9(2,3)10-8-5-4-6-11-7-8/h8,10H,4-7H2,1-3H3/t8-/m1/s1. The molecule has 1 fully saturated rings. The molecule has 1 heterocycles. The molecule has 2 heteroatoms. The van der Waals surface area contributed by atoms with Gasteiger partial charge in [-0.2, -0.15) is 0 Å². The summed E-state index contributed by atoms with van der Waals surface area (Å²) in [4.78, 5) is 0. The molecule has 1 rings (SSSR count). The Balaban J connectivity index is 2.24. The third-order valence-electron chi connectivity index (χ3n) is 1.80. The highest BCUT2D eigenvalue weighted by molar-refractivity contribution is 4.79. The van der Waals surface area contributed by atoms with E-state index in [9.17, 15) is 0 Å². The fourth-order valence-corrected chi connectivity index (χ4v) is 1.47. The summed E-state index contributed by atoms with van der Waals surface area (Å²) in [5.74, 6) is 0. The second-order valence-corrected chi connectivity index (χ2v) is 4.31. The third kappa shape index (κ3) is 3.73. The minimum absolute atomic E-state index is 0.228. The van der Waals surface area contributed by atoms with Gasteiger partial charge in [0.1, 0.15) is 0 Å². The quantitative estimate of drug-likeness (QED) is 0.623. The van der Waals surface area contributed by atoms with Crippen molar-refractivity contribution in [2.24, 2.45) is 0 Å². The average molecular weight is 157 g/mol. The van der Waals surface area contributed by atoms with E-state index in [0.29, 0.717) is 6.04 Å². The van der Waals surface area contributed by atoms with Gasteiger partial charge in [-0.1, -0.05) is 0 Å². The highest BCUT2D eigenvalue weighted by Gasteiger charge is 2.19. The Kier molecular flexibility index (Phi) is 2.90. The molecule has 0 unspecified atom stereocenters. The molecule has 0 radical (unpaired) electrons. The van der Waals surface area contributed by atoms with E-state index in [4.69, 9.17) is 4.74 Å². The fraction of sp³-hybridized carbons (Fsp3) is 1.00. The van der Waals surface area contributed by atoms with Gasteiger partial charge >= 0.3 is 0 Å². The molecule has 1 saturated heterocycles. The van der Waals surface area contributed by atoms with Crippen molar-refractivity contribution in [1.82, 2.24) is 5.32 Å². The SMILES string of the molecule is CC(C)(C)N[C@@H]1CCCOC1. The zero-order chi connectivity index (χ0) is 8.32. The zero-order valence-corrected chi connectivity index (χ0v) is 7.81. The summed E-state index contributed by atoms with van der Waals surface area (Å²) in [5.41, 5.74) is 0.228. The molecule has 0 aromatic carbocycles. The van der Waals surface area contributed by atoms with Crippen molar-refractivity contribution in [2.75, 3.05) is 13.2 Å². The van der Waals surface area contributed by atoms with Gasteiger partial charge in [0, 0.05) is 18.2 Å². The minimum Gasteiger partial charge on any atom is -0.380 e. The summed E-state index contributed by atoms with van der Waals surface area (Å²) < 4.78 is 5.37. The Bertz CT molecular complexity index is 111. The van der Waals surface area contributed by atoms with Crippen molar-refractivity contribution in [3.05, 3.63) is 0 Å². The first kappa shape index (κ1) is 9.01. The number of rotatable bonds is 1. The van der Waals surface area contributed by atoms with Gasteiger partial charge in [-0.25, -0.2) is 0 Å². The van der Waals surface area contributed by atoms with E-state index in [1.165, 1.54) is 12.8 Å². The molecule has 11 heavy (non-hydrogen) atoms. The predicted molar refractivity (Wildman–Crippen MR) is 46.7 cm³/mol. The van der Waals surface area contributed by atoms with E-state index in [-0.39, 0.29) is 5.54 Å². The monoisotopic (exact) mass is 157 g/mol. The lowest BCUT2D eigenvalue weighted by molar-refractivity contribution is 0.0618. The first-order valence-electron chi connectivity index (χ1n) is 4.43. The van der Waals surface area contributed by atoms with Crippen LogP contribution in [0.3, 0.4) is 0 Å². The van der Waals surface area contributed by atoms with Crippen molar-refractivity contribution in [2.45, 2.75) is 45.2 Å². The Morgan fingerprint density at radius 1 is 1.36 bits per heavy atom. The number of ether oxygens (including phenoxy) is 1. The van der Waals surface area contributed by atoms with Crippen molar-refractivity contribution >= 4 is 0 Å². The van der Waals surface area contributed by atoms with Gasteiger partial charge in [0.15, 0.2) is 0 Å². The van der Waals surface area contributed by atoms with E-state index >= 15 is 0 Å². The van der Waals surface area contributed by atoms with E-state index in [1.807, 2.05) is 0 Å². The van der Waals surface area contributed by atoms with Crippen LogP contribution in [0.2, 0.25) is 0 Å². The van der Waals surface area contributed by atoms with Crippen LogP contribution >= 0.6 is 0 Å². The summed E-state index contributed by atoms with van der Waals surface area (Å²) >= 11 is 0. The summed E-state index contributed by atoms with van der Waals surface area (Å²) in [6.45, 7) is 8.42. The molecule has 0 bridgehead atoms. The van der Waals surface area contributed by atoms with Crippen molar-refractivity contribution in [3.63, 3.8) is 0 Å². The summed E-state index contributed by atoms with van der Waals surface area (Å²) in [7, 11) is 0. The van der Waals surface area contributed by atoms with E-state index in [0.717, 1.165) is 13.2 Å². The maximum Gasteiger partial charge on any atom is 0.0619 e. The Hall–Kier alpha value is -0.0800. The molecular formula is C9H19NO. The van der Waals surface area contributed by atoms with Gasteiger partial charge in [-0.3, -0.25) is 0 Å². The van der Waals surface area contributed by atoms with E-state index in [2.05, 4.69) is 26.1 Å². The van der Waals surface area contributed by atoms with Crippen LogP contribution in [0.5, 0.6) is 0 Å². The lowest BCUT2D eigenvalue weighted by Crippen LogP contribution is -2.47. The van der Waals surface area contributed by atoms with Crippen molar-refractivity contribution < 1.29 is 4.74 Å². The van der Waals surface area contributed by atoms with E-state index < -0.39 is 0 Å². The smallest absolute Gasteiger partial charge is 0.0619 e. The van der Waals surface area contributed by atoms with E-state index in [1.54, 1.807) is 0 Å². The Labute approximate surface area is 69.3 Å². The Morgan fingerprint density at radius 2 is 2.09 bits per heavy atom. The lowest BCUT2D eigenvalue weighted by atomic mass is 10.0. The van der Waals surface area contributed by atoms with Crippen LogP contribution in [-0.4, -0.2) is 24.8 Å². The van der Waals surface area contributed by atoms with Crippen LogP contribution in [-0.2, 0) is 4.74 Å². The van der Waals surface area contributed by atoms with Crippen LogP contribution in [0, 0.1) is 0 Å². The molecule has 0 aromatic heterocycles. The van der Waals surface area contributed by atoms with Crippen LogP contribution in [0.4, 0.5) is 0 Å². The molecule has 0 saturated carbocycles. The molecular weight excluding hydrogens is 138 g/mol. The zero-order valence-electron chi connectivity index (χ0n) is 7.81. The highest BCUT2D eigenvalue weighted by Crippen LogP contribution is 2.10. The largest absolute Gasteiger partial charge is 0.380 e. The van der Waals surface area contributed by atoms with Crippen LogP contribution in [0.1, 0.15) is 33.6 Å². The maximum atomic E-state index is 5.37. The molecule has 2 nitrogen and oxygen atoms in total. The Morgan fingerprint density at radius 3 is 2.55 bits per heavy atom. The van der Waals surface area contributed by atoms with Crippen molar-refractivity contribution in [1.29, 1.82) is 0 Å². The normalized spacial score (nSPS) is 27.0. The molecule has 1 aliphatic heterocycles. The van der Waals surface area contributed by atoms with Crippen molar-refractivity contribution in [3.8, 4) is 0 Å². The molecule has 0 spiro atoms. The molecule has 0 aliphatic carbocycles. The maximum absolute atomic E-state index is 5.37. The first-order chi connectivity index (χ1) is 5.08. The molecule has 1 N–H and O–H groups in total.